The Kier molecular flexibility index (Phi) is 4.48. The number of carbonyl (C=O) groups excluding carboxylic acids is 1. The van der Waals surface area contributed by atoms with Crippen molar-refractivity contribution in [2.45, 2.75) is 36.7 Å². The molecule has 0 saturated carbocycles. The Morgan fingerprint density at radius 2 is 1.62 bits per heavy atom. The second-order valence-corrected chi connectivity index (χ2v) is 5.79. The third kappa shape index (κ3) is 2.53. The number of benzene rings is 1. The van der Waals surface area contributed by atoms with Crippen molar-refractivity contribution in [3.05, 3.63) is 28.8 Å². The van der Waals surface area contributed by atoms with E-state index in [4.69, 9.17) is 11.6 Å². The Morgan fingerprint density at radius 1 is 1.08 bits per heavy atom. The molecule has 13 heteroatoms. The highest BCUT2D eigenvalue weighted by atomic mass is 35.5. The van der Waals surface area contributed by atoms with Crippen LogP contribution in [0.5, 0.6) is 0 Å². The molecule has 0 unspecified atom stereocenters. The maximum Gasteiger partial charge on any atom is 0.428 e. The van der Waals surface area contributed by atoms with Gasteiger partial charge in [-0.15, -0.1) is 0 Å². The highest BCUT2D eigenvalue weighted by molar-refractivity contribution is 6.31. The second kappa shape index (κ2) is 5.65. The molecule has 146 valence electrons. The fraction of sp³-hybridized carbons (Fsp3) is 0.462. The topological polar surface area (TPSA) is 38.3 Å². The first-order chi connectivity index (χ1) is 11.5. The maximum absolute atomic E-state index is 14.0. The molecule has 1 fully saturated rings. The van der Waals surface area contributed by atoms with E-state index in [-0.39, 0.29) is 10.6 Å². The molecular formula is C13H7ClF9NO2. The first-order valence-corrected chi connectivity index (χ1v) is 6.87. The lowest BCUT2D eigenvalue weighted by Crippen LogP contribution is -2.63. The first kappa shape index (κ1) is 20.6. The van der Waals surface area contributed by atoms with E-state index in [1.807, 2.05) is 0 Å². The number of amides is 1. The van der Waals surface area contributed by atoms with Crippen molar-refractivity contribution in [2.24, 2.45) is 0 Å². The van der Waals surface area contributed by atoms with E-state index in [0.29, 0.717) is 0 Å². The summed E-state index contributed by atoms with van der Waals surface area (Å²) in [6.07, 6.45) is -6.29. The highest BCUT2D eigenvalue weighted by Gasteiger charge is 2.96. The standard InChI is InChI=1S/C13H7ClF9NO2/c1-5-2-3-6(14)4-7(5)24-8(25)9(15,16)12(21)10(17,18)11(19,20)13(22,23)26-12/h2-4H,1H3,(H,24,25)/t12-/m1/s1. The zero-order valence-electron chi connectivity index (χ0n) is 12.3. The van der Waals surface area contributed by atoms with Crippen LogP contribution >= 0.6 is 11.6 Å². The minimum atomic E-state index is -6.73. The van der Waals surface area contributed by atoms with Gasteiger partial charge >= 0.3 is 35.6 Å². The Bertz CT molecular complexity index is 755. The minimum Gasteiger partial charge on any atom is -0.320 e. The van der Waals surface area contributed by atoms with Crippen LogP contribution in [0.2, 0.25) is 5.02 Å². The van der Waals surface area contributed by atoms with Crippen LogP contribution in [0, 0.1) is 6.92 Å². The lowest BCUT2D eigenvalue weighted by molar-refractivity contribution is -0.366. The van der Waals surface area contributed by atoms with Crippen molar-refractivity contribution in [2.75, 3.05) is 5.32 Å². The maximum atomic E-state index is 14.0. The predicted molar refractivity (Wildman–Crippen MR) is 69.5 cm³/mol. The van der Waals surface area contributed by atoms with E-state index in [2.05, 4.69) is 4.74 Å². The number of anilines is 1. The predicted octanol–water partition coefficient (Wildman–Crippen LogP) is 4.78. The third-order valence-corrected chi connectivity index (χ3v) is 3.80. The lowest BCUT2D eigenvalue weighted by Gasteiger charge is -2.31. The molecule has 2 rings (SSSR count). The number of hydrogen-bond acceptors (Lipinski definition) is 2. The smallest absolute Gasteiger partial charge is 0.320 e. The van der Waals surface area contributed by atoms with Crippen LogP contribution in [-0.2, 0) is 9.53 Å². The van der Waals surface area contributed by atoms with Crippen LogP contribution in [0.25, 0.3) is 0 Å². The molecule has 1 aliphatic rings. The van der Waals surface area contributed by atoms with E-state index < -0.39 is 41.3 Å². The van der Waals surface area contributed by atoms with Gasteiger partial charge in [-0.3, -0.25) is 9.53 Å². The van der Waals surface area contributed by atoms with Gasteiger partial charge in [-0.2, -0.15) is 39.5 Å². The van der Waals surface area contributed by atoms with Crippen LogP contribution in [0.3, 0.4) is 0 Å². The lowest BCUT2D eigenvalue weighted by atomic mass is 9.99. The van der Waals surface area contributed by atoms with Crippen LogP contribution in [0.4, 0.5) is 45.2 Å². The number of hydrogen-bond donors (Lipinski definition) is 1. The summed E-state index contributed by atoms with van der Waals surface area (Å²) in [6.45, 7) is 1.23. The van der Waals surface area contributed by atoms with Crippen LogP contribution in [0.15, 0.2) is 18.2 Å². The SMILES string of the molecule is Cc1ccc(Cl)cc1NC(=O)C(F)(F)[C@@]1(F)OC(F)(F)C(F)(F)C1(F)F. The van der Waals surface area contributed by atoms with E-state index in [0.717, 1.165) is 6.07 Å². The summed E-state index contributed by atoms with van der Waals surface area (Å²) in [5, 5.41) is 1.15. The van der Waals surface area contributed by atoms with Crippen molar-refractivity contribution in [3.8, 4) is 0 Å². The Balaban J connectivity index is 2.45. The van der Waals surface area contributed by atoms with E-state index in [9.17, 15) is 44.3 Å². The number of halogens is 10. The molecule has 1 amide bonds. The summed E-state index contributed by atoms with van der Waals surface area (Å²) < 4.78 is 123. The van der Waals surface area contributed by atoms with Gasteiger partial charge in [-0.1, -0.05) is 17.7 Å². The minimum absolute atomic E-state index is 0.0428. The molecule has 1 aromatic rings. The average molecular weight is 416 g/mol. The van der Waals surface area contributed by atoms with Crippen molar-refractivity contribution in [1.29, 1.82) is 0 Å². The molecule has 0 bridgehead atoms. The molecule has 1 atom stereocenters. The molecule has 1 N–H and O–H groups in total. The van der Waals surface area contributed by atoms with Gasteiger partial charge in [0.1, 0.15) is 0 Å². The van der Waals surface area contributed by atoms with Gasteiger partial charge < -0.3 is 5.32 Å². The second-order valence-electron chi connectivity index (χ2n) is 5.35. The Morgan fingerprint density at radius 3 is 2.08 bits per heavy atom. The number of carbonyl (C=O) groups is 1. The number of aryl methyl sites for hydroxylation is 1. The first-order valence-electron chi connectivity index (χ1n) is 6.49. The Labute approximate surface area is 144 Å². The van der Waals surface area contributed by atoms with Crippen molar-refractivity contribution >= 4 is 23.2 Å². The zero-order chi connectivity index (χ0) is 20.3. The summed E-state index contributed by atoms with van der Waals surface area (Å²) in [6, 6.07) is 3.29. The Hall–Kier alpha value is -1.69. The summed E-state index contributed by atoms with van der Waals surface area (Å²) in [4.78, 5) is 11.6. The monoisotopic (exact) mass is 415 g/mol. The van der Waals surface area contributed by atoms with Gasteiger partial charge in [0.2, 0.25) is 0 Å². The van der Waals surface area contributed by atoms with Crippen LogP contribution in [0.1, 0.15) is 5.56 Å². The summed E-state index contributed by atoms with van der Waals surface area (Å²) >= 11 is 5.53. The van der Waals surface area contributed by atoms with E-state index in [1.165, 1.54) is 24.4 Å². The number of nitrogens with one attached hydrogen (secondary N) is 1. The van der Waals surface area contributed by atoms with Gasteiger partial charge in [-0.25, -0.2) is 0 Å². The van der Waals surface area contributed by atoms with E-state index >= 15 is 0 Å². The normalized spacial score (nSPS) is 26.6. The summed E-state index contributed by atoms with van der Waals surface area (Å²) in [7, 11) is 0. The van der Waals surface area contributed by atoms with Gasteiger partial charge in [0.15, 0.2) is 0 Å². The molecule has 1 saturated heterocycles. The van der Waals surface area contributed by atoms with Crippen molar-refractivity contribution < 1.29 is 49.0 Å². The van der Waals surface area contributed by atoms with Crippen LogP contribution < -0.4 is 5.32 Å². The van der Waals surface area contributed by atoms with Gasteiger partial charge in [0, 0.05) is 10.7 Å². The van der Waals surface area contributed by atoms with Gasteiger partial charge in [-0.05, 0) is 24.6 Å². The molecule has 0 radical (unpaired) electrons. The fourth-order valence-electron chi connectivity index (χ4n) is 2.03. The summed E-state index contributed by atoms with van der Waals surface area (Å²) in [5.74, 6) is -28.7. The van der Waals surface area contributed by atoms with Crippen molar-refractivity contribution in [3.63, 3.8) is 0 Å². The molecular weight excluding hydrogens is 409 g/mol. The number of alkyl halides is 9. The fourth-order valence-corrected chi connectivity index (χ4v) is 2.20. The third-order valence-electron chi connectivity index (χ3n) is 3.57. The van der Waals surface area contributed by atoms with Gasteiger partial charge in [0.05, 0.1) is 0 Å². The molecule has 1 aliphatic heterocycles. The molecule has 0 aliphatic carbocycles. The van der Waals surface area contributed by atoms with E-state index in [1.54, 1.807) is 0 Å². The zero-order valence-corrected chi connectivity index (χ0v) is 13.1. The van der Waals surface area contributed by atoms with Crippen LogP contribution in [-0.4, -0.2) is 35.6 Å². The molecule has 1 aromatic carbocycles. The quantitative estimate of drug-likeness (QED) is 0.722. The molecule has 0 aromatic heterocycles. The van der Waals surface area contributed by atoms with Gasteiger partial charge in [0.25, 0.3) is 0 Å². The van der Waals surface area contributed by atoms with Crippen molar-refractivity contribution in [1.82, 2.24) is 0 Å². The molecule has 0 spiro atoms. The largest absolute Gasteiger partial charge is 0.428 e. The highest BCUT2D eigenvalue weighted by Crippen LogP contribution is 2.64. The molecule has 3 nitrogen and oxygen atoms in total. The summed E-state index contributed by atoms with van der Waals surface area (Å²) in [5.41, 5.74) is -0.480. The average Bonchev–Trinajstić information content (AvgIpc) is 2.58. The molecule has 1 heterocycles. The number of rotatable bonds is 3. The molecule has 26 heavy (non-hydrogen) atoms. The number of ether oxygens (including phenoxy) is 1.